The van der Waals surface area contributed by atoms with Crippen LogP contribution in [0.15, 0.2) is 24.3 Å². The summed E-state index contributed by atoms with van der Waals surface area (Å²) >= 11 is 5.79. The summed E-state index contributed by atoms with van der Waals surface area (Å²) in [5.74, 6) is -1.81. The number of carbonyl (C=O) groups is 2. The lowest BCUT2D eigenvalue weighted by Crippen LogP contribution is -2.39. The van der Waals surface area contributed by atoms with E-state index >= 15 is 0 Å². The molecule has 5 nitrogen and oxygen atoms in total. The molecule has 2 unspecified atom stereocenters. The van der Waals surface area contributed by atoms with Crippen molar-refractivity contribution in [1.82, 2.24) is 5.06 Å². The Hall–Kier alpha value is -1.59. The van der Waals surface area contributed by atoms with Gasteiger partial charge >= 0.3 is 5.97 Å². The first-order valence-corrected chi connectivity index (χ1v) is 6.73. The van der Waals surface area contributed by atoms with E-state index in [9.17, 15) is 14.8 Å². The van der Waals surface area contributed by atoms with Crippen molar-refractivity contribution >= 4 is 24.0 Å². The van der Waals surface area contributed by atoms with E-state index in [-0.39, 0.29) is 6.41 Å². The molecule has 0 saturated heterocycles. The Balaban J connectivity index is 2.53. The number of benzene rings is 1. The van der Waals surface area contributed by atoms with Gasteiger partial charge in [0.05, 0.1) is 12.0 Å². The minimum atomic E-state index is -1.02. The second-order valence-electron chi connectivity index (χ2n) is 4.69. The van der Waals surface area contributed by atoms with Crippen LogP contribution in [-0.4, -0.2) is 33.8 Å². The fraction of sp³-hybridized carbons (Fsp3) is 0.429. The van der Waals surface area contributed by atoms with E-state index < -0.39 is 17.9 Å². The Bertz CT molecular complexity index is 449. The van der Waals surface area contributed by atoms with Crippen molar-refractivity contribution in [3.63, 3.8) is 0 Å². The summed E-state index contributed by atoms with van der Waals surface area (Å²) in [6.45, 7) is 1.51. The first kappa shape index (κ1) is 16.5. The number of hydrogen-bond donors (Lipinski definition) is 2. The number of aliphatic carboxylic acids is 1. The minimum Gasteiger partial charge on any atom is -0.481 e. The number of halogens is 1. The number of rotatable bonds is 8. The SMILES string of the molecule is CC(C(CCCc1ccc(Cl)cc1)C(=O)O)N(O)C=O. The number of amides is 1. The van der Waals surface area contributed by atoms with Gasteiger partial charge in [-0.05, 0) is 43.9 Å². The molecule has 2 N–H and O–H groups in total. The van der Waals surface area contributed by atoms with Gasteiger partial charge in [0.25, 0.3) is 0 Å². The summed E-state index contributed by atoms with van der Waals surface area (Å²) in [7, 11) is 0. The van der Waals surface area contributed by atoms with Gasteiger partial charge in [0.2, 0.25) is 6.41 Å². The van der Waals surface area contributed by atoms with Crippen LogP contribution < -0.4 is 0 Å². The van der Waals surface area contributed by atoms with E-state index in [1.807, 2.05) is 12.1 Å². The third kappa shape index (κ3) is 4.83. The van der Waals surface area contributed by atoms with Crippen LogP contribution in [0.5, 0.6) is 0 Å². The van der Waals surface area contributed by atoms with E-state index in [0.717, 1.165) is 12.0 Å². The van der Waals surface area contributed by atoms with Crippen molar-refractivity contribution in [3.8, 4) is 0 Å². The lowest BCUT2D eigenvalue weighted by molar-refractivity contribution is -0.170. The maximum Gasteiger partial charge on any atom is 0.308 e. The molecule has 0 heterocycles. The average molecular weight is 300 g/mol. The summed E-state index contributed by atoms with van der Waals surface area (Å²) in [4.78, 5) is 21.6. The van der Waals surface area contributed by atoms with Crippen molar-refractivity contribution in [2.75, 3.05) is 0 Å². The molecular weight excluding hydrogens is 282 g/mol. The van der Waals surface area contributed by atoms with Crippen LogP contribution in [0.25, 0.3) is 0 Å². The topological polar surface area (TPSA) is 77.8 Å². The van der Waals surface area contributed by atoms with E-state index in [1.54, 1.807) is 12.1 Å². The minimum absolute atomic E-state index is 0.222. The second-order valence-corrected chi connectivity index (χ2v) is 5.13. The lowest BCUT2D eigenvalue weighted by atomic mass is 9.93. The Morgan fingerprint density at radius 2 is 2.00 bits per heavy atom. The van der Waals surface area contributed by atoms with Crippen LogP contribution in [0.4, 0.5) is 0 Å². The third-order valence-electron chi connectivity index (χ3n) is 3.32. The van der Waals surface area contributed by atoms with Gasteiger partial charge < -0.3 is 5.11 Å². The fourth-order valence-corrected chi connectivity index (χ4v) is 2.15. The van der Waals surface area contributed by atoms with Crippen molar-refractivity contribution in [3.05, 3.63) is 34.9 Å². The Morgan fingerprint density at radius 1 is 1.40 bits per heavy atom. The number of carboxylic acids is 1. The standard InChI is InChI=1S/C14H18ClNO4/c1-10(16(20)9-17)13(14(18)19)4-2-3-11-5-7-12(15)8-6-11/h5-10,13,20H,2-4H2,1H3,(H,18,19). The monoisotopic (exact) mass is 299 g/mol. The van der Waals surface area contributed by atoms with Gasteiger partial charge in [-0.3, -0.25) is 14.8 Å². The summed E-state index contributed by atoms with van der Waals surface area (Å²) in [6, 6.07) is 6.61. The van der Waals surface area contributed by atoms with E-state index in [1.165, 1.54) is 6.92 Å². The van der Waals surface area contributed by atoms with Crippen LogP contribution in [0, 0.1) is 5.92 Å². The number of aryl methyl sites for hydroxylation is 1. The molecule has 0 saturated carbocycles. The fourth-order valence-electron chi connectivity index (χ4n) is 2.03. The highest BCUT2D eigenvalue weighted by molar-refractivity contribution is 6.30. The molecule has 20 heavy (non-hydrogen) atoms. The summed E-state index contributed by atoms with van der Waals surface area (Å²) in [5, 5.41) is 19.5. The van der Waals surface area contributed by atoms with Crippen molar-refractivity contribution in [2.45, 2.75) is 32.2 Å². The molecule has 0 aromatic heterocycles. The number of carbonyl (C=O) groups excluding carboxylic acids is 1. The normalized spacial score (nSPS) is 13.6. The van der Waals surface area contributed by atoms with Crippen LogP contribution in [0.1, 0.15) is 25.3 Å². The molecule has 0 bridgehead atoms. The van der Waals surface area contributed by atoms with E-state index in [0.29, 0.717) is 22.9 Å². The highest BCUT2D eigenvalue weighted by Crippen LogP contribution is 2.18. The zero-order valence-electron chi connectivity index (χ0n) is 11.2. The molecule has 0 spiro atoms. The predicted molar refractivity (Wildman–Crippen MR) is 74.7 cm³/mol. The number of hydrogen-bond acceptors (Lipinski definition) is 3. The first-order chi connectivity index (χ1) is 9.45. The van der Waals surface area contributed by atoms with Gasteiger partial charge in [0.15, 0.2) is 0 Å². The van der Waals surface area contributed by atoms with E-state index in [2.05, 4.69) is 0 Å². The number of hydroxylamine groups is 2. The van der Waals surface area contributed by atoms with Crippen LogP contribution >= 0.6 is 11.6 Å². The Morgan fingerprint density at radius 3 is 2.50 bits per heavy atom. The smallest absolute Gasteiger partial charge is 0.308 e. The quantitative estimate of drug-likeness (QED) is 0.439. The van der Waals surface area contributed by atoms with Gasteiger partial charge in [-0.25, -0.2) is 5.06 Å². The zero-order chi connectivity index (χ0) is 15.1. The van der Waals surface area contributed by atoms with Gasteiger partial charge in [-0.1, -0.05) is 23.7 Å². The van der Waals surface area contributed by atoms with E-state index in [4.69, 9.17) is 16.7 Å². The first-order valence-electron chi connectivity index (χ1n) is 6.35. The average Bonchev–Trinajstić information content (AvgIpc) is 2.43. The van der Waals surface area contributed by atoms with Gasteiger partial charge in [0, 0.05) is 5.02 Å². The molecule has 6 heteroatoms. The molecule has 1 aromatic carbocycles. The molecular formula is C14H18ClNO4. The number of carboxylic acid groups (broad SMARTS) is 1. The predicted octanol–water partition coefficient (Wildman–Crippen LogP) is 2.60. The van der Waals surface area contributed by atoms with Crippen molar-refractivity contribution in [1.29, 1.82) is 0 Å². The third-order valence-corrected chi connectivity index (χ3v) is 3.57. The highest BCUT2D eigenvalue weighted by atomic mass is 35.5. The molecule has 0 aliphatic heterocycles. The molecule has 0 aliphatic carbocycles. The van der Waals surface area contributed by atoms with Crippen LogP contribution in [0.3, 0.4) is 0 Å². The van der Waals surface area contributed by atoms with Gasteiger partial charge in [0.1, 0.15) is 0 Å². The molecule has 0 aliphatic rings. The molecule has 110 valence electrons. The maximum absolute atomic E-state index is 11.2. The molecule has 2 atom stereocenters. The largest absolute Gasteiger partial charge is 0.481 e. The summed E-state index contributed by atoms with van der Waals surface area (Å²) < 4.78 is 0. The second kappa shape index (κ2) is 7.87. The van der Waals surface area contributed by atoms with Crippen LogP contribution in [0.2, 0.25) is 5.02 Å². The molecule has 1 amide bonds. The molecule has 0 radical (unpaired) electrons. The molecule has 1 aromatic rings. The Labute approximate surface area is 122 Å². The lowest BCUT2D eigenvalue weighted by Gasteiger charge is -2.24. The Kier molecular flexibility index (Phi) is 6.48. The summed E-state index contributed by atoms with van der Waals surface area (Å²) in [6.07, 6.45) is 1.97. The summed E-state index contributed by atoms with van der Waals surface area (Å²) in [5.41, 5.74) is 1.07. The van der Waals surface area contributed by atoms with Crippen molar-refractivity contribution < 1.29 is 19.9 Å². The maximum atomic E-state index is 11.2. The highest BCUT2D eigenvalue weighted by Gasteiger charge is 2.27. The number of nitrogens with zero attached hydrogens (tertiary/aromatic N) is 1. The van der Waals surface area contributed by atoms with Gasteiger partial charge in [-0.15, -0.1) is 0 Å². The van der Waals surface area contributed by atoms with Crippen LogP contribution in [-0.2, 0) is 16.0 Å². The zero-order valence-corrected chi connectivity index (χ0v) is 12.0. The van der Waals surface area contributed by atoms with Gasteiger partial charge in [-0.2, -0.15) is 0 Å². The molecule has 1 rings (SSSR count). The molecule has 0 fully saturated rings. The van der Waals surface area contributed by atoms with Crippen molar-refractivity contribution in [2.24, 2.45) is 5.92 Å².